The summed E-state index contributed by atoms with van der Waals surface area (Å²) in [6.07, 6.45) is 2.67. The van der Waals surface area contributed by atoms with Crippen molar-refractivity contribution in [2.45, 2.75) is 46.6 Å². The van der Waals surface area contributed by atoms with Gasteiger partial charge in [0.2, 0.25) is 0 Å². The predicted octanol–water partition coefficient (Wildman–Crippen LogP) is 2.37. The molecular weight excluding hydrogens is 224 g/mol. The summed E-state index contributed by atoms with van der Waals surface area (Å²) in [5, 5.41) is 3.59. The first kappa shape index (κ1) is 15.9. The number of nitrogens with one attached hydrogen (secondary N) is 1. The van der Waals surface area contributed by atoms with Crippen molar-refractivity contribution < 1.29 is 4.74 Å². The molecule has 1 fully saturated rings. The number of ether oxygens (including phenoxy) is 1. The lowest BCUT2D eigenvalue weighted by atomic mass is 10.1. The highest BCUT2D eigenvalue weighted by atomic mass is 16.5. The molecule has 0 aromatic carbocycles. The van der Waals surface area contributed by atoms with Crippen LogP contribution in [0.4, 0.5) is 0 Å². The summed E-state index contributed by atoms with van der Waals surface area (Å²) in [6, 6.07) is 0.703. The van der Waals surface area contributed by atoms with Crippen LogP contribution in [0.15, 0.2) is 0 Å². The van der Waals surface area contributed by atoms with E-state index in [0.29, 0.717) is 12.0 Å². The zero-order chi connectivity index (χ0) is 13.4. The van der Waals surface area contributed by atoms with Gasteiger partial charge in [0.05, 0.1) is 6.61 Å². The van der Waals surface area contributed by atoms with Gasteiger partial charge in [-0.15, -0.1) is 0 Å². The van der Waals surface area contributed by atoms with Gasteiger partial charge in [0.15, 0.2) is 0 Å². The maximum absolute atomic E-state index is 5.71. The molecule has 1 rings (SSSR count). The van der Waals surface area contributed by atoms with E-state index in [1.54, 1.807) is 0 Å². The number of hydrogen-bond acceptors (Lipinski definition) is 3. The van der Waals surface area contributed by atoms with Gasteiger partial charge in [-0.05, 0) is 31.2 Å². The lowest BCUT2D eigenvalue weighted by Crippen LogP contribution is -2.41. The van der Waals surface area contributed by atoms with Crippen LogP contribution in [-0.4, -0.2) is 50.3 Å². The Morgan fingerprint density at radius 3 is 2.56 bits per heavy atom. The van der Waals surface area contributed by atoms with Crippen LogP contribution in [0, 0.1) is 11.8 Å². The Morgan fingerprint density at radius 1 is 1.22 bits per heavy atom. The Hall–Kier alpha value is -0.120. The van der Waals surface area contributed by atoms with E-state index in [9.17, 15) is 0 Å². The molecule has 1 heterocycles. The normalized spacial score (nSPS) is 20.5. The highest BCUT2D eigenvalue weighted by Gasteiger charge is 2.18. The molecule has 0 spiro atoms. The van der Waals surface area contributed by atoms with Gasteiger partial charge in [-0.25, -0.2) is 0 Å². The molecule has 1 saturated heterocycles. The van der Waals surface area contributed by atoms with Gasteiger partial charge in [-0.1, -0.05) is 27.7 Å². The first-order valence-corrected chi connectivity index (χ1v) is 7.61. The molecule has 0 amide bonds. The fourth-order valence-corrected chi connectivity index (χ4v) is 2.51. The van der Waals surface area contributed by atoms with Crippen molar-refractivity contribution in [2.75, 3.05) is 39.4 Å². The quantitative estimate of drug-likeness (QED) is 0.641. The summed E-state index contributed by atoms with van der Waals surface area (Å²) in [7, 11) is 0. The molecule has 1 aliphatic heterocycles. The smallest absolute Gasteiger partial charge is 0.0593 e. The molecule has 1 atom stereocenters. The van der Waals surface area contributed by atoms with E-state index in [2.05, 4.69) is 37.9 Å². The summed E-state index contributed by atoms with van der Waals surface area (Å²) >= 11 is 0. The van der Waals surface area contributed by atoms with Gasteiger partial charge in [-0.2, -0.15) is 0 Å². The molecule has 0 aromatic rings. The lowest BCUT2D eigenvalue weighted by Gasteiger charge is -2.27. The first-order chi connectivity index (χ1) is 8.58. The average Bonchev–Trinajstić information content (AvgIpc) is 2.75. The Morgan fingerprint density at radius 2 is 2.00 bits per heavy atom. The third-order valence-corrected chi connectivity index (χ3v) is 3.27. The summed E-state index contributed by atoms with van der Waals surface area (Å²) in [5.74, 6) is 1.37. The van der Waals surface area contributed by atoms with E-state index >= 15 is 0 Å². The minimum Gasteiger partial charge on any atom is -0.380 e. The van der Waals surface area contributed by atoms with Crippen molar-refractivity contribution in [1.29, 1.82) is 0 Å². The molecule has 0 aromatic heterocycles. The van der Waals surface area contributed by atoms with Crippen LogP contribution in [0.3, 0.4) is 0 Å². The van der Waals surface area contributed by atoms with Crippen molar-refractivity contribution in [3.63, 3.8) is 0 Å². The second-order valence-corrected chi connectivity index (χ2v) is 6.42. The van der Waals surface area contributed by atoms with Crippen LogP contribution in [0.5, 0.6) is 0 Å². The van der Waals surface area contributed by atoms with Gasteiger partial charge < -0.3 is 10.1 Å². The van der Waals surface area contributed by atoms with E-state index in [4.69, 9.17) is 4.74 Å². The van der Waals surface area contributed by atoms with Crippen molar-refractivity contribution in [1.82, 2.24) is 10.2 Å². The Kier molecular flexibility index (Phi) is 7.87. The second-order valence-electron chi connectivity index (χ2n) is 6.42. The Labute approximate surface area is 113 Å². The highest BCUT2D eigenvalue weighted by Crippen LogP contribution is 2.08. The topological polar surface area (TPSA) is 24.5 Å². The van der Waals surface area contributed by atoms with E-state index in [1.807, 2.05) is 0 Å². The van der Waals surface area contributed by atoms with E-state index in [-0.39, 0.29) is 0 Å². The fraction of sp³-hybridized carbons (Fsp3) is 1.00. The van der Waals surface area contributed by atoms with Gasteiger partial charge >= 0.3 is 0 Å². The molecule has 0 aliphatic carbocycles. The van der Waals surface area contributed by atoms with Crippen molar-refractivity contribution >= 4 is 0 Å². The first-order valence-electron chi connectivity index (χ1n) is 7.61. The monoisotopic (exact) mass is 256 g/mol. The highest BCUT2D eigenvalue weighted by molar-refractivity contribution is 4.78. The van der Waals surface area contributed by atoms with Gasteiger partial charge in [-0.3, -0.25) is 4.90 Å². The van der Waals surface area contributed by atoms with E-state index in [1.165, 1.54) is 32.5 Å². The molecule has 108 valence electrons. The summed E-state index contributed by atoms with van der Waals surface area (Å²) in [6.45, 7) is 15.4. The summed E-state index contributed by atoms with van der Waals surface area (Å²) in [5.41, 5.74) is 0. The third-order valence-electron chi connectivity index (χ3n) is 3.27. The zero-order valence-corrected chi connectivity index (χ0v) is 12.7. The number of hydrogen-bond donors (Lipinski definition) is 1. The molecular formula is C15H32N2O. The largest absolute Gasteiger partial charge is 0.380 e. The molecule has 0 radical (unpaired) electrons. The Bertz CT molecular complexity index is 201. The standard InChI is InChI=1S/C15H32N2O/c1-13(2)10-17(8-9-18-12-14(3)4)11-15-6-5-7-16-15/h13-16H,5-12H2,1-4H3. The minimum atomic E-state index is 0.639. The maximum Gasteiger partial charge on any atom is 0.0593 e. The lowest BCUT2D eigenvalue weighted by molar-refractivity contribution is 0.0796. The molecule has 18 heavy (non-hydrogen) atoms. The number of rotatable bonds is 9. The summed E-state index contributed by atoms with van der Waals surface area (Å²) < 4.78 is 5.71. The van der Waals surface area contributed by atoms with E-state index in [0.717, 1.165) is 25.7 Å². The van der Waals surface area contributed by atoms with Crippen molar-refractivity contribution in [2.24, 2.45) is 11.8 Å². The fourth-order valence-electron chi connectivity index (χ4n) is 2.51. The van der Waals surface area contributed by atoms with Crippen molar-refractivity contribution in [3.05, 3.63) is 0 Å². The maximum atomic E-state index is 5.71. The number of nitrogens with zero attached hydrogens (tertiary/aromatic N) is 1. The molecule has 0 bridgehead atoms. The molecule has 1 N–H and O–H groups in total. The van der Waals surface area contributed by atoms with E-state index < -0.39 is 0 Å². The second kappa shape index (κ2) is 8.89. The summed E-state index contributed by atoms with van der Waals surface area (Å²) in [4.78, 5) is 2.56. The predicted molar refractivity (Wildman–Crippen MR) is 78.0 cm³/mol. The molecule has 3 nitrogen and oxygen atoms in total. The van der Waals surface area contributed by atoms with Crippen LogP contribution in [0.2, 0.25) is 0 Å². The minimum absolute atomic E-state index is 0.639. The van der Waals surface area contributed by atoms with Crippen LogP contribution in [-0.2, 0) is 4.74 Å². The molecule has 0 saturated carbocycles. The molecule has 3 heteroatoms. The third kappa shape index (κ3) is 7.34. The van der Waals surface area contributed by atoms with Gasteiger partial charge in [0.1, 0.15) is 0 Å². The zero-order valence-electron chi connectivity index (χ0n) is 12.7. The average molecular weight is 256 g/mol. The molecule has 1 unspecified atom stereocenters. The molecule has 1 aliphatic rings. The van der Waals surface area contributed by atoms with Crippen molar-refractivity contribution in [3.8, 4) is 0 Å². The van der Waals surface area contributed by atoms with Crippen LogP contribution in [0.25, 0.3) is 0 Å². The van der Waals surface area contributed by atoms with Gasteiger partial charge in [0.25, 0.3) is 0 Å². The van der Waals surface area contributed by atoms with Crippen LogP contribution in [0.1, 0.15) is 40.5 Å². The van der Waals surface area contributed by atoms with Crippen LogP contribution < -0.4 is 5.32 Å². The van der Waals surface area contributed by atoms with Gasteiger partial charge in [0, 0.05) is 32.3 Å². The SMILES string of the molecule is CC(C)COCCN(CC(C)C)CC1CCCN1. The Balaban J connectivity index is 2.21. The van der Waals surface area contributed by atoms with Crippen LogP contribution >= 0.6 is 0 Å².